The lowest BCUT2D eigenvalue weighted by Gasteiger charge is -2.63. The van der Waals surface area contributed by atoms with E-state index in [0.717, 1.165) is 25.0 Å². The Bertz CT molecular complexity index is 1060. The van der Waals surface area contributed by atoms with Crippen molar-refractivity contribution >= 4 is 17.5 Å². The van der Waals surface area contributed by atoms with E-state index in [9.17, 15) is 29.0 Å². The Balaban J connectivity index is 1.81. The number of esters is 1. The summed E-state index contributed by atoms with van der Waals surface area (Å²) in [6.07, 6.45) is -0.0872. The number of Topliss-reactive ketones (excluding diaryl/α,β-unsaturated/α-hetero) is 1. The lowest BCUT2D eigenvalue weighted by Crippen LogP contribution is -2.71. The SMILES string of the molecule is CCCCCC(=O)O[C@@]1(C(=O)CO)[C@@H](C)C[C@H]2[C@@H]3C[C@H](F)C4=C(F)C(=O)C=C[C@]4(C)[C@@]3(F)[C@@H](O)C[C@@]21C. The number of fused-ring (bicyclic) bond motifs is 5. The molecule has 0 amide bonds. The Morgan fingerprint density at radius 3 is 2.49 bits per heavy atom. The number of allylic oxidation sites excluding steroid dienone is 4. The highest BCUT2D eigenvalue weighted by Crippen LogP contribution is 2.72. The van der Waals surface area contributed by atoms with Crippen LogP contribution in [0.4, 0.5) is 13.2 Å². The molecular weight excluding hydrogens is 489 g/mol. The van der Waals surface area contributed by atoms with Crippen LogP contribution in [0.2, 0.25) is 0 Å². The van der Waals surface area contributed by atoms with Crippen LogP contribution in [0.1, 0.15) is 72.6 Å². The number of ether oxygens (including phenoxy) is 1. The molecule has 4 aliphatic rings. The summed E-state index contributed by atoms with van der Waals surface area (Å²) in [5, 5.41) is 21.3. The third kappa shape index (κ3) is 3.55. The van der Waals surface area contributed by atoms with Gasteiger partial charge in [0.15, 0.2) is 17.1 Å². The van der Waals surface area contributed by atoms with Gasteiger partial charge in [-0.05, 0) is 44.6 Å². The predicted molar refractivity (Wildman–Crippen MR) is 128 cm³/mol. The zero-order valence-electron chi connectivity index (χ0n) is 21.9. The predicted octanol–water partition coefficient (Wildman–Crippen LogP) is 4.27. The molecule has 6 nitrogen and oxygen atoms in total. The van der Waals surface area contributed by atoms with Crippen molar-refractivity contribution in [2.75, 3.05) is 6.61 Å². The van der Waals surface area contributed by atoms with Gasteiger partial charge in [-0.25, -0.2) is 13.2 Å². The number of aliphatic hydroxyl groups is 2. The molecule has 0 unspecified atom stereocenters. The minimum atomic E-state index is -2.53. The largest absolute Gasteiger partial charge is 0.450 e. The van der Waals surface area contributed by atoms with Crippen molar-refractivity contribution in [3.05, 3.63) is 23.6 Å². The van der Waals surface area contributed by atoms with Crippen molar-refractivity contribution in [1.29, 1.82) is 0 Å². The van der Waals surface area contributed by atoms with E-state index in [1.807, 2.05) is 6.92 Å². The maximum Gasteiger partial charge on any atom is 0.306 e. The first-order valence-corrected chi connectivity index (χ1v) is 13.3. The third-order valence-corrected chi connectivity index (χ3v) is 10.1. The molecule has 3 fully saturated rings. The molecule has 2 N–H and O–H groups in total. The maximum atomic E-state index is 17.3. The van der Waals surface area contributed by atoms with Crippen LogP contribution in [0.5, 0.6) is 0 Å². The van der Waals surface area contributed by atoms with Gasteiger partial charge in [-0.3, -0.25) is 14.4 Å². The lowest BCUT2D eigenvalue weighted by molar-refractivity contribution is -0.232. The molecule has 0 heterocycles. The summed E-state index contributed by atoms with van der Waals surface area (Å²) < 4.78 is 53.7. The summed E-state index contributed by atoms with van der Waals surface area (Å²) in [6.45, 7) is 5.69. The van der Waals surface area contributed by atoms with Crippen LogP contribution in [-0.2, 0) is 19.1 Å². The van der Waals surface area contributed by atoms with Crippen LogP contribution in [0.25, 0.3) is 0 Å². The summed E-state index contributed by atoms with van der Waals surface area (Å²) in [5.41, 5.74) is -8.18. The van der Waals surface area contributed by atoms with Crippen LogP contribution in [0, 0.1) is 28.6 Å². The van der Waals surface area contributed by atoms with Gasteiger partial charge in [-0.15, -0.1) is 0 Å². The van der Waals surface area contributed by atoms with E-state index in [-0.39, 0.29) is 19.3 Å². The average Bonchev–Trinajstić information content (AvgIpc) is 3.05. The van der Waals surface area contributed by atoms with Crippen LogP contribution in [0.3, 0.4) is 0 Å². The first-order valence-electron chi connectivity index (χ1n) is 13.3. The smallest absolute Gasteiger partial charge is 0.306 e. The van der Waals surface area contributed by atoms with Crippen LogP contribution in [0.15, 0.2) is 23.6 Å². The summed E-state index contributed by atoms with van der Waals surface area (Å²) in [4.78, 5) is 38.2. The minimum Gasteiger partial charge on any atom is -0.450 e. The summed E-state index contributed by atoms with van der Waals surface area (Å²) >= 11 is 0. The minimum absolute atomic E-state index is 0.0671. The van der Waals surface area contributed by atoms with Gasteiger partial charge in [0.1, 0.15) is 12.8 Å². The Morgan fingerprint density at radius 2 is 1.86 bits per heavy atom. The standard InChI is InChI=1S/C28H37F3O6/c1-5-6-7-8-22(36)37-28(21(35)14-32)15(2)11-16-17-12-18(29)23-24(30)19(33)9-10-25(23,3)27(17,31)20(34)13-26(16,28)4/h9-10,15-18,20,32,34H,5-8,11-14H2,1-4H3/t15-,16-,17-,18-,20-,25-,26-,27-,28+/m0/s1. The molecule has 9 heteroatoms. The van der Waals surface area contributed by atoms with Gasteiger partial charge in [0, 0.05) is 34.7 Å². The first-order chi connectivity index (χ1) is 17.3. The van der Waals surface area contributed by atoms with Crippen molar-refractivity contribution < 1.29 is 42.5 Å². The van der Waals surface area contributed by atoms with E-state index < -0.39 is 94.1 Å². The number of carbonyl (C=O) groups excluding carboxylic acids is 3. The number of unbranched alkanes of at least 4 members (excludes halogenated alkanes) is 2. The number of halogens is 3. The normalized spacial score (nSPS) is 44.8. The fourth-order valence-corrected chi connectivity index (χ4v) is 8.35. The fraction of sp³-hybridized carbons (Fsp3) is 0.750. The monoisotopic (exact) mass is 526 g/mol. The van der Waals surface area contributed by atoms with Crippen LogP contribution < -0.4 is 0 Å². The maximum absolute atomic E-state index is 17.3. The molecular formula is C28H37F3O6. The second kappa shape index (κ2) is 9.33. The van der Waals surface area contributed by atoms with Gasteiger partial charge >= 0.3 is 5.97 Å². The molecule has 9 atom stereocenters. The highest BCUT2D eigenvalue weighted by atomic mass is 19.2. The molecule has 0 aromatic heterocycles. The molecule has 0 saturated heterocycles. The zero-order valence-corrected chi connectivity index (χ0v) is 21.9. The number of ketones is 2. The van der Waals surface area contributed by atoms with Crippen molar-refractivity contribution in [2.24, 2.45) is 28.6 Å². The Kier molecular flexibility index (Phi) is 7.06. The molecule has 206 valence electrons. The molecule has 4 rings (SSSR count). The van der Waals surface area contributed by atoms with Gasteiger partial charge < -0.3 is 14.9 Å². The summed E-state index contributed by atoms with van der Waals surface area (Å²) in [7, 11) is 0. The van der Waals surface area contributed by atoms with Gasteiger partial charge in [0.05, 0.1) is 6.10 Å². The van der Waals surface area contributed by atoms with Gasteiger partial charge in [0.25, 0.3) is 0 Å². The Morgan fingerprint density at radius 1 is 1.19 bits per heavy atom. The number of hydrogen-bond acceptors (Lipinski definition) is 6. The molecule has 37 heavy (non-hydrogen) atoms. The zero-order chi connectivity index (χ0) is 27.6. The molecule has 4 aliphatic carbocycles. The number of alkyl halides is 2. The van der Waals surface area contributed by atoms with Crippen LogP contribution in [-0.4, -0.2) is 57.9 Å². The molecule has 0 radical (unpaired) electrons. The number of aliphatic hydroxyl groups excluding tert-OH is 2. The van der Waals surface area contributed by atoms with Gasteiger partial charge in [-0.1, -0.05) is 39.7 Å². The van der Waals surface area contributed by atoms with Crippen LogP contribution >= 0.6 is 0 Å². The number of rotatable bonds is 7. The molecule has 0 spiro atoms. The van der Waals surface area contributed by atoms with E-state index in [2.05, 4.69) is 0 Å². The molecule has 0 aromatic rings. The van der Waals surface area contributed by atoms with E-state index in [1.165, 1.54) is 6.92 Å². The first kappa shape index (κ1) is 28.0. The topological polar surface area (TPSA) is 101 Å². The second-order valence-corrected chi connectivity index (χ2v) is 11.8. The summed E-state index contributed by atoms with van der Waals surface area (Å²) in [5.74, 6) is -6.25. The van der Waals surface area contributed by atoms with Crippen molar-refractivity contribution in [3.63, 3.8) is 0 Å². The molecule has 0 aromatic carbocycles. The summed E-state index contributed by atoms with van der Waals surface area (Å²) in [6, 6.07) is 0. The van der Waals surface area contributed by atoms with Crippen molar-refractivity contribution in [2.45, 2.75) is 96.2 Å². The van der Waals surface area contributed by atoms with Crippen molar-refractivity contribution in [1.82, 2.24) is 0 Å². The fourth-order valence-electron chi connectivity index (χ4n) is 8.35. The van der Waals surface area contributed by atoms with E-state index in [4.69, 9.17) is 4.74 Å². The third-order valence-electron chi connectivity index (χ3n) is 10.1. The van der Waals surface area contributed by atoms with E-state index in [1.54, 1.807) is 13.8 Å². The molecule has 0 bridgehead atoms. The molecule has 0 aliphatic heterocycles. The van der Waals surface area contributed by atoms with E-state index >= 15 is 8.78 Å². The highest BCUT2D eigenvalue weighted by Gasteiger charge is 2.78. The second-order valence-electron chi connectivity index (χ2n) is 11.8. The Labute approximate surface area is 215 Å². The lowest BCUT2D eigenvalue weighted by atomic mass is 9.44. The van der Waals surface area contributed by atoms with E-state index in [0.29, 0.717) is 6.42 Å². The van der Waals surface area contributed by atoms with Crippen molar-refractivity contribution in [3.8, 4) is 0 Å². The number of carbonyl (C=O) groups is 3. The quantitative estimate of drug-likeness (QED) is 0.380. The molecule has 3 saturated carbocycles. The average molecular weight is 527 g/mol. The highest BCUT2D eigenvalue weighted by molar-refractivity contribution is 6.04. The Hall–Kier alpha value is -2.00. The van der Waals surface area contributed by atoms with Gasteiger partial charge in [-0.2, -0.15) is 0 Å². The number of hydrogen-bond donors (Lipinski definition) is 2. The van der Waals surface area contributed by atoms with Gasteiger partial charge in [0.2, 0.25) is 11.6 Å².